The van der Waals surface area contributed by atoms with Crippen molar-refractivity contribution in [1.29, 1.82) is 0 Å². The van der Waals surface area contributed by atoms with E-state index in [1.165, 1.54) is 28.2 Å². The summed E-state index contributed by atoms with van der Waals surface area (Å²) in [5, 5.41) is 4.44. The predicted molar refractivity (Wildman–Crippen MR) is 106 cm³/mol. The highest BCUT2D eigenvalue weighted by Crippen LogP contribution is 2.33. The highest BCUT2D eigenvalue weighted by atomic mass is 19.1. The Morgan fingerprint density at radius 2 is 2.04 bits per heavy atom. The Kier molecular flexibility index (Phi) is 4.73. The summed E-state index contributed by atoms with van der Waals surface area (Å²) in [5.74, 6) is -0.0815. The molecule has 2 aromatic carbocycles. The molecule has 27 heavy (non-hydrogen) atoms. The number of hydrogen-bond acceptors (Lipinski definition) is 1. The van der Waals surface area contributed by atoms with E-state index in [-0.39, 0.29) is 23.7 Å². The van der Waals surface area contributed by atoms with Crippen molar-refractivity contribution in [2.45, 2.75) is 45.7 Å². The summed E-state index contributed by atoms with van der Waals surface area (Å²) in [6, 6.07) is 15.4. The number of amides is 1. The molecule has 3 nitrogen and oxygen atoms in total. The number of carbonyl (C=O) groups is 1. The van der Waals surface area contributed by atoms with Crippen molar-refractivity contribution in [1.82, 2.24) is 9.88 Å². The van der Waals surface area contributed by atoms with Crippen LogP contribution in [0.5, 0.6) is 0 Å². The van der Waals surface area contributed by atoms with Crippen LogP contribution in [0.2, 0.25) is 0 Å². The van der Waals surface area contributed by atoms with Gasteiger partial charge in [0.1, 0.15) is 5.82 Å². The van der Waals surface area contributed by atoms with Crippen molar-refractivity contribution >= 4 is 16.8 Å². The average molecular weight is 364 g/mol. The second kappa shape index (κ2) is 7.18. The molecule has 1 atom stereocenters. The van der Waals surface area contributed by atoms with Gasteiger partial charge in [-0.2, -0.15) is 0 Å². The minimum Gasteiger partial charge on any atom is -0.353 e. The molecule has 1 heterocycles. The molecule has 0 bridgehead atoms. The molecule has 4 rings (SSSR count). The van der Waals surface area contributed by atoms with E-state index in [2.05, 4.69) is 28.1 Å². The molecule has 4 heteroatoms. The van der Waals surface area contributed by atoms with Crippen LogP contribution in [-0.4, -0.2) is 16.5 Å². The lowest BCUT2D eigenvalue weighted by atomic mass is 9.91. The first kappa shape index (κ1) is 17.8. The lowest BCUT2D eigenvalue weighted by molar-refractivity contribution is -0.124. The van der Waals surface area contributed by atoms with Gasteiger partial charge >= 0.3 is 0 Å². The maximum absolute atomic E-state index is 13.6. The van der Waals surface area contributed by atoms with Gasteiger partial charge in [0, 0.05) is 35.1 Å². The van der Waals surface area contributed by atoms with Crippen molar-refractivity contribution in [2.75, 3.05) is 0 Å². The zero-order valence-electron chi connectivity index (χ0n) is 15.8. The first-order valence-corrected chi connectivity index (χ1v) is 9.66. The van der Waals surface area contributed by atoms with E-state index in [4.69, 9.17) is 0 Å². The third kappa shape index (κ3) is 3.48. The molecule has 1 aromatic heterocycles. The third-order valence-corrected chi connectivity index (χ3v) is 5.47. The Bertz CT molecular complexity index is 989. The van der Waals surface area contributed by atoms with Gasteiger partial charge in [-0.15, -0.1) is 0 Å². The van der Waals surface area contributed by atoms with Crippen LogP contribution in [-0.2, 0) is 24.2 Å². The Morgan fingerprint density at radius 3 is 2.81 bits per heavy atom. The fraction of sp³-hybridized carbons (Fsp3) is 0.348. The van der Waals surface area contributed by atoms with Gasteiger partial charge in [0.05, 0.1) is 0 Å². The predicted octanol–water partition coefficient (Wildman–Crippen LogP) is 4.46. The molecule has 0 saturated carbocycles. The van der Waals surface area contributed by atoms with Crippen molar-refractivity contribution < 1.29 is 9.18 Å². The van der Waals surface area contributed by atoms with Gasteiger partial charge in [-0.3, -0.25) is 4.79 Å². The molecule has 0 aliphatic heterocycles. The first-order valence-electron chi connectivity index (χ1n) is 9.66. The molecular formula is C23H25FN2O. The molecule has 1 unspecified atom stereocenters. The number of para-hydroxylation sites is 1. The summed E-state index contributed by atoms with van der Waals surface area (Å²) < 4.78 is 16.0. The molecular weight excluding hydrogens is 339 g/mol. The fourth-order valence-electron chi connectivity index (χ4n) is 4.09. The SMILES string of the molecule is CC(C)C(=O)NC1CCc2c(c3ccccc3n2Cc2cccc(F)c2)C1. The van der Waals surface area contributed by atoms with E-state index >= 15 is 0 Å². The number of halogens is 1. The molecule has 0 saturated heterocycles. The van der Waals surface area contributed by atoms with E-state index in [0.717, 1.165) is 24.8 Å². The molecule has 1 N–H and O–H groups in total. The minimum atomic E-state index is -0.200. The second-order valence-electron chi connectivity index (χ2n) is 7.76. The normalized spacial score (nSPS) is 16.5. The van der Waals surface area contributed by atoms with E-state index in [1.807, 2.05) is 26.0 Å². The topological polar surface area (TPSA) is 34.0 Å². The molecule has 0 radical (unpaired) electrons. The monoisotopic (exact) mass is 364 g/mol. The number of nitrogens with zero attached hydrogens (tertiary/aromatic N) is 1. The van der Waals surface area contributed by atoms with Crippen molar-refractivity contribution in [3.8, 4) is 0 Å². The average Bonchev–Trinajstić information content (AvgIpc) is 2.95. The highest BCUT2D eigenvalue weighted by Gasteiger charge is 2.26. The summed E-state index contributed by atoms with van der Waals surface area (Å²) >= 11 is 0. The van der Waals surface area contributed by atoms with Gasteiger partial charge in [-0.25, -0.2) is 4.39 Å². The molecule has 1 aliphatic rings. The third-order valence-electron chi connectivity index (χ3n) is 5.47. The van der Waals surface area contributed by atoms with Crippen LogP contribution in [0.1, 0.15) is 37.1 Å². The van der Waals surface area contributed by atoms with Crippen LogP contribution < -0.4 is 5.32 Å². The van der Waals surface area contributed by atoms with Crippen molar-refractivity contribution in [2.24, 2.45) is 5.92 Å². The number of rotatable bonds is 4. The number of nitrogens with one attached hydrogen (secondary N) is 1. The molecule has 1 amide bonds. The van der Waals surface area contributed by atoms with E-state index < -0.39 is 0 Å². The maximum atomic E-state index is 13.6. The number of benzene rings is 2. The summed E-state index contributed by atoms with van der Waals surface area (Å²) in [5.41, 5.74) is 4.79. The Balaban J connectivity index is 1.70. The molecule has 0 spiro atoms. The zero-order valence-corrected chi connectivity index (χ0v) is 15.8. The summed E-state index contributed by atoms with van der Waals surface area (Å²) in [6.45, 7) is 4.51. The van der Waals surface area contributed by atoms with Crippen LogP contribution >= 0.6 is 0 Å². The second-order valence-corrected chi connectivity index (χ2v) is 7.76. The molecule has 1 aliphatic carbocycles. The van der Waals surface area contributed by atoms with Crippen LogP contribution in [0.25, 0.3) is 10.9 Å². The zero-order chi connectivity index (χ0) is 19.0. The molecule has 140 valence electrons. The number of carbonyl (C=O) groups excluding carboxylic acids is 1. The van der Waals surface area contributed by atoms with E-state index in [9.17, 15) is 9.18 Å². The lowest BCUT2D eigenvalue weighted by Gasteiger charge is -2.26. The van der Waals surface area contributed by atoms with Crippen LogP contribution in [0.4, 0.5) is 4.39 Å². The van der Waals surface area contributed by atoms with Crippen molar-refractivity contribution in [3.63, 3.8) is 0 Å². The van der Waals surface area contributed by atoms with Crippen molar-refractivity contribution in [3.05, 3.63) is 71.2 Å². The van der Waals surface area contributed by atoms with E-state index in [0.29, 0.717) is 6.54 Å². The van der Waals surface area contributed by atoms with E-state index in [1.54, 1.807) is 12.1 Å². The molecule has 0 fully saturated rings. The molecule has 3 aromatic rings. The summed E-state index contributed by atoms with van der Waals surface area (Å²) in [7, 11) is 0. The first-order chi connectivity index (χ1) is 13.0. The van der Waals surface area contributed by atoms with Crippen LogP contribution in [0.15, 0.2) is 48.5 Å². The summed E-state index contributed by atoms with van der Waals surface area (Å²) in [6.07, 6.45) is 2.71. The van der Waals surface area contributed by atoms with Gasteiger partial charge in [0.15, 0.2) is 0 Å². The largest absolute Gasteiger partial charge is 0.353 e. The summed E-state index contributed by atoms with van der Waals surface area (Å²) in [4.78, 5) is 12.1. The number of fused-ring (bicyclic) bond motifs is 3. The Hall–Kier alpha value is -2.62. The minimum absolute atomic E-state index is 0.000663. The van der Waals surface area contributed by atoms with Crippen LogP contribution in [0.3, 0.4) is 0 Å². The quantitative estimate of drug-likeness (QED) is 0.729. The maximum Gasteiger partial charge on any atom is 0.222 e. The smallest absolute Gasteiger partial charge is 0.222 e. The Morgan fingerprint density at radius 1 is 1.22 bits per heavy atom. The van der Waals surface area contributed by atoms with Gasteiger partial charge in [0.2, 0.25) is 5.91 Å². The van der Waals surface area contributed by atoms with Gasteiger partial charge in [0.25, 0.3) is 0 Å². The van der Waals surface area contributed by atoms with Gasteiger partial charge in [-0.1, -0.05) is 44.2 Å². The number of aromatic nitrogens is 1. The van der Waals surface area contributed by atoms with Gasteiger partial charge in [-0.05, 0) is 48.6 Å². The standard InChI is InChI=1S/C23H25FN2O/c1-15(2)23(27)25-18-10-11-22-20(13-18)19-8-3-4-9-21(19)26(22)14-16-6-5-7-17(24)12-16/h3-9,12,15,18H,10-11,13-14H2,1-2H3,(H,25,27). The fourth-order valence-corrected chi connectivity index (χ4v) is 4.09. The van der Waals surface area contributed by atoms with Crippen LogP contribution in [0, 0.1) is 11.7 Å². The van der Waals surface area contributed by atoms with Gasteiger partial charge < -0.3 is 9.88 Å². The lowest BCUT2D eigenvalue weighted by Crippen LogP contribution is -2.41. The number of hydrogen-bond donors (Lipinski definition) is 1. The highest BCUT2D eigenvalue weighted by molar-refractivity contribution is 5.86. The Labute approximate surface area is 159 Å².